The average molecular weight is 250 g/mol. The monoisotopic (exact) mass is 250 g/mol. The zero-order chi connectivity index (χ0) is 12.4. The van der Waals surface area contributed by atoms with Crippen molar-refractivity contribution >= 4 is 0 Å². The number of aryl methyl sites for hydroxylation is 1. The molecule has 2 saturated heterocycles. The van der Waals surface area contributed by atoms with Gasteiger partial charge in [0, 0.05) is 19.0 Å². The van der Waals surface area contributed by atoms with Crippen LogP contribution in [-0.2, 0) is 6.54 Å². The molecule has 0 bridgehead atoms. The van der Waals surface area contributed by atoms with Crippen LogP contribution in [0.25, 0.3) is 0 Å². The molecule has 0 aromatic carbocycles. The fourth-order valence-electron chi connectivity index (χ4n) is 3.30. The predicted molar refractivity (Wildman–Crippen MR) is 68.1 cm³/mol. The van der Waals surface area contributed by atoms with Gasteiger partial charge in [0.25, 0.3) is 0 Å². The Balaban J connectivity index is 1.67. The van der Waals surface area contributed by atoms with Gasteiger partial charge in [-0.2, -0.15) is 4.98 Å². The lowest BCUT2D eigenvalue weighted by atomic mass is 9.94. The molecule has 2 atom stereocenters. The number of hydrogen-bond donors (Lipinski definition) is 1. The molecule has 0 amide bonds. The number of piperidine rings is 1. The van der Waals surface area contributed by atoms with Crippen LogP contribution >= 0.6 is 0 Å². The molecule has 5 nitrogen and oxygen atoms in total. The van der Waals surface area contributed by atoms with Crippen molar-refractivity contribution < 1.29 is 4.52 Å². The Morgan fingerprint density at radius 1 is 1.33 bits per heavy atom. The summed E-state index contributed by atoms with van der Waals surface area (Å²) >= 11 is 0. The third-order valence-corrected chi connectivity index (χ3v) is 4.14. The van der Waals surface area contributed by atoms with Gasteiger partial charge in [-0.3, -0.25) is 4.90 Å². The first-order valence-electron chi connectivity index (χ1n) is 7.09. The van der Waals surface area contributed by atoms with Gasteiger partial charge < -0.3 is 9.84 Å². The molecule has 100 valence electrons. The standard InChI is InChI=1S/C13H22N4O/c1-10-15-13(16-18-10)9-17-8-3-2-6-12(17)11-5-4-7-14-11/h11-12,14H,2-9H2,1H3. The van der Waals surface area contributed by atoms with E-state index in [1.54, 1.807) is 0 Å². The van der Waals surface area contributed by atoms with E-state index in [9.17, 15) is 0 Å². The molecule has 5 heteroatoms. The summed E-state index contributed by atoms with van der Waals surface area (Å²) in [6, 6.07) is 1.32. The number of nitrogens with zero attached hydrogens (tertiary/aromatic N) is 3. The molecule has 18 heavy (non-hydrogen) atoms. The first-order chi connectivity index (χ1) is 8.83. The minimum absolute atomic E-state index is 0.653. The zero-order valence-corrected chi connectivity index (χ0v) is 11.1. The summed E-state index contributed by atoms with van der Waals surface area (Å²) in [7, 11) is 0. The van der Waals surface area contributed by atoms with Crippen LogP contribution in [0.15, 0.2) is 4.52 Å². The van der Waals surface area contributed by atoms with Crippen LogP contribution in [0, 0.1) is 6.92 Å². The molecule has 0 spiro atoms. The van der Waals surface area contributed by atoms with E-state index >= 15 is 0 Å². The Labute approximate surface area is 108 Å². The Bertz CT molecular complexity index is 386. The summed E-state index contributed by atoms with van der Waals surface area (Å²) in [4.78, 5) is 6.86. The number of likely N-dealkylation sites (tertiary alicyclic amines) is 1. The Hall–Kier alpha value is -0.940. The molecule has 2 unspecified atom stereocenters. The van der Waals surface area contributed by atoms with Gasteiger partial charge >= 0.3 is 0 Å². The van der Waals surface area contributed by atoms with Crippen LogP contribution in [0.4, 0.5) is 0 Å². The summed E-state index contributed by atoms with van der Waals surface area (Å²) in [5.41, 5.74) is 0. The van der Waals surface area contributed by atoms with Crippen molar-refractivity contribution in [2.75, 3.05) is 13.1 Å². The molecular formula is C13H22N4O. The third kappa shape index (κ3) is 2.57. The number of rotatable bonds is 3. The SMILES string of the molecule is Cc1nc(CN2CCCCC2C2CCCN2)no1. The highest BCUT2D eigenvalue weighted by molar-refractivity contribution is 4.93. The van der Waals surface area contributed by atoms with Crippen molar-refractivity contribution in [2.45, 2.75) is 57.7 Å². The van der Waals surface area contributed by atoms with E-state index in [2.05, 4.69) is 20.4 Å². The smallest absolute Gasteiger partial charge is 0.223 e. The lowest BCUT2D eigenvalue weighted by Gasteiger charge is -2.38. The van der Waals surface area contributed by atoms with E-state index in [4.69, 9.17) is 4.52 Å². The number of aromatic nitrogens is 2. The highest BCUT2D eigenvalue weighted by atomic mass is 16.5. The average Bonchev–Trinajstić information content (AvgIpc) is 3.02. The lowest BCUT2D eigenvalue weighted by molar-refractivity contribution is 0.108. The highest BCUT2D eigenvalue weighted by Crippen LogP contribution is 2.25. The molecule has 1 N–H and O–H groups in total. The molecule has 1 aromatic heterocycles. The Morgan fingerprint density at radius 3 is 3.00 bits per heavy atom. The molecule has 0 radical (unpaired) electrons. The first-order valence-corrected chi connectivity index (χ1v) is 7.09. The molecule has 2 fully saturated rings. The highest BCUT2D eigenvalue weighted by Gasteiger charge is 2.32. The maximum atomic E-state index is 5.06. The molecule has 1 aromatic rings. The lowest BCUT2D eigenvalue weighted by Crippen LogP contribution is -2.49. The largest absolute Gasteiger partial charge is 0.340 e. The van der Waals surface area contributed by atoms with Crippen LogP contribution < -0.4 is 5.32 Å². The second-order valence-corrected chi connectivity index (χ2v) is 5.47. The molecule has 3 rings (SSSR count). The number of hydrogen-bond acceptors (Lipinski definition) is 5. The fraction of sp³-hybridized carbons (Fsp3) is 0.846. The summed E-state index contributed by atoms with van der Waals surface area (Å²) in [6.07, 6.45) is 6.57. The van der Waals surface area contributed by atoms with E-state index in [0.717, 1.165) is 18.9 Å². The van der Waals surface area contributed by atoms with Crippen LogP contribution in [0.1, 0.15) is 43.8 Å². The summed E-state index contributed by atoms with van der Waals surface area (Å²) < 4.78 is 5.06. The van der Waals surface area contributed by atoms with Crippen molar-refractivity contribution in [1.29, 1.82) is 0 Å². The maximum Gasteiger partial charge on any atom is 0.223 e. The van der Waals surface area contributed by atoms with Crippen LogP contribution in [0.5, 0.6) is 0 Å². The normalized spacial score (nSPS) is 29.8. The van der Waals surface area contributed by atoms with Gasteiger partial charge in [-0.25, -0.2) is 0 Å². The maximum absolute atomic E-state index is 5.06. The van der Waals surface area contributed by atoms with E-state index in [-0.39, 0.29) is 0 Å². The van der Waals surface area contributed by atoms with Gasteiger partial charge in [-0.05, 0) is 38.8 Å². The third-order valence-electron chi connectivity index (χ3n) is 4.14. The van der Waals surface area contributed by atoms with E-state index in [1.165, 1.54) is 38.6 Å². The minimum atomic E-state index is 0.653. The summed E-state index contributed by atoms with van der Waals surface area (Å²) in [5, 5.41) is 7.66. The Morgan fingerprint density at radius 2 is 2.28 bits per heavy atom. The van der Waals surface area contributed by atoms with Crippen LogP contribution in [0.3, 0.4) is 0 Å². The molecule has 2 aliphatic heterocycles. The molecule has 0 aliphatic carbocycles. The fourth-order valence-corrected chi connectivity index (χ4v) is 3.30. The van der Waals surface area contributed by atoms with Crippen LogP contribution in [-0.4, -0.2) is 40.2 Å². The van der Waals surface area contributed by atoms with Crippen molar-refractivity contribution in [3.05, 3.63) is 11.7 Å². The van der Waals surface area contributed by atoms with Crippen molar-refractivity contribution in [1.82, 2.24) is 20.4 Å². The minimum Gasteiger partial charge on any atom is -0.340 e. The second-order valence-electron chi connectivity index (χ2n) is 5.47. The molecular weight excluding hydrogens is 228 g/mol. The topological polar surface area (TPSA) is 54.2 Å². The Kier molecular flexibility index (Phi) is 3.61. The molecule has 3 heterocycles. The van der Waals surface area contributed by atoms with Gasteiger partial charge in [0.1, 0.15) is 0 Å². The first kappa shape index (κ1) is 12.1. The van der Waals surface area contributed by atoms with Crippen LogP contribution in [0.2, 0.25) is 0 Å². The van der Waals surface area contributed by atoms with E-state index in [1.807, 2.05) is 6.92 Å². The van der Waals surface area contributed by atoms with Gasteiger partial charge in [-0.15, -0.1) is 0 Å². The van der Waals surface area contributed by atoms with Gasteiger partial charge in [0.05, 0.1) is 6.54 Å². The second kappa shape index (κ2) is 5.36. The van der Waals surface area contributed by atoms with Crippen molar-refractivity contribution in [3.63, 3.8) is 0 Å². The summed E-state index contributed by atoms with van der Waals surface area (Å²) in [5.74, 6) is 1.50. The van der Waals surface area contributed by atoms with E-state index < -0.39 is 0 Å². The van der Waals surface area contributed by atoms with Crippen molar-refractivity contribution in [3.8, 4) is 0 Å². The van der Waals surface area contributed by atoms with Crippen molar-refractivity contribution in [2.24, 2.45) is 0 Å². The molecule has 0 saturated carbocycles. The zero-order valence-electron chi connectivity index (χ0n) is 11.1. The summed E-state index contributed by atoms with van der Waals surface area (Å²) in [6.45, 7) is 5.02. The molecule has 2 aliphatic rings. The van der Waals surface area contributed by atoms with Gasteiger partial charge in [0.2, 0.25) is 5.89 Å². The quantitative estimate of drug-likeness (QED) is 0.880. The van der Waals surface area contributed by atoms with Gasteiger partial charge in [0.15, 0.2) is 5.82 Å². The number of nitrogens with one attached hydrogen (secondary N) is 1. The van der Waals surface area contributed by atoms with Gasteiger partial charge in [-0.1, -0.05) is 11.6 Å². The van der Waals surface area contributed by atoms with E-state index in [0.29, 0.717) is 18.0 Å². The predicted octanol–water partition coefficient (Wildman–Crippen LogP) is 1.48.